The first kappa shape index (κ1) is 16.9. The molecule has 0 N–H and O–H groups in total. The van der Waals surface area contributed by atoms with Crippen molar-refractivity contribution in [2.45, 2.75) is 45.7 Å². The Bertz CT molecular complexity index is 794. The fraction of sp³-hybridized carbons (Fsp3) is 0.444. The average molecular weight is 348 g/mol. The zero-order valence-electron chi connectivity index (χ0n) is 13.9. The lowest BCUT2D eigenvalue weighted by atomic mass is 10.0. The molecule has 1 aliphatic rings. The summed E-state index contributed by atoms with van der Waals surface area (Å²) in [4.78, 5) is 27.6. The van der Waals surface area contributed by atoms with Crippen molar-refractivity contribution < 1.29 is 9.18 Å². The van der Waals surface area contributed by atoms with E-state index in [0.717, 1.165) is 47.6 Å². The van der Waals surface area contributed by atoms with Gasteiger partial charge in [0.05, 0.1) is 5.69 Å². The number of hydrogen-bond acceptors (Lipinski definition) is 3. The molecule has 0 spiro atoms. The van der Waals surface area contributed by atoms with Crippen molar-refractivity contribution in [1.29, 1.82) is 0 Å². The highest BCUT2D eigenvalue weighted by atomic mass is 32.1. The van der Waals surface area contributed by atoms with Crippen molar-refractivity contribution in [3.63, 3.8) is 0 Å². The Kier molecular flexibility index (Phi) is 4.85. The van der Waals surface area contributed by atoms with Gasteiger partial charge in [-0.2, -0.15) is 0 Å². The van der Waals surface area contributed by atoms with E-state index in [1.54, 1.807) is 12.1 Å². The standard InChI is InChI=1S/C18H21FN2O2S/c1-12-5-3-4-10-20(12)16(22)11-21-17(13(2)24-18(21)23)14-6-8-15(19)9-7-14/h6-9,12H,3-5,10-11H2,1-2H3. The lowest BCUT2D eigenvalue weighted by Gasteiger charge is -2.33. The van der Waals surface area contributed by atoms with E-state index in [4.69, 9.17) is 0 Å². The molecule has 0 saturated carbocycles. The number of thiazole rings is 1. The van der Waals surface area contributed by atoms with E-state index in [0.29, 0.717) is 5.69 Å². The monoisotopic (exact) mass is 348 g/mol. The second-order valence-electron chi connectivity index (χ2n) is 6.30. The Morgan fingerprint density at radius 3 is 2.67 bits per heavy atom. The molecule has 128 valence electrons. The predicted octanol–water partition coefficient (Wildman–Crippen LogP) is 3.43. The lowest BCUT2D eigenvalue weighted by molar-refractivity contribution is -0.135. The number of aromatic nitrogens is 1. The molecule has 0 aliphatic carbocycles. The van der Waals surface area contributed by atoms with Gasteiger partial charge in [0.2, 0.25) is 5.91 Å². The fourth-order valence-corrected chi connectivity index (χ4v) is 4.17. The molecule has 1 fully saturated rings. The smallest absolute Gasteiger partial charge is 0.308 e. The molecule has 1 aliphatic heterocycles. The SMILES string of the molecule is Cc1sc(=O)n(CC(=O)N2CCCCC2C)c1-c1ccc(F)cc1. The first-order chi connectivity index (χ1) is 11.5. The van der Waals surface area contributed by atoms with Crippen LogP contribution in [0, 0.1) is 12.7 Å². The zero-order valence-corrected chi connectivity index (χ0v) is 14.7. The van der Waals surface area contributed by atoms with Crippen LogP contribution in [0.1, 0.15) is 31.1 Å². The molecular formula is C18H21FN2O2S. The number of halogens is 1. The molecular weight excluding hydrogens is 327 g/mol. The third-order valence-electron chi connectivity index (χ3n) is 4.60. The fourth-order valence-electron chi connectivity index (χ4n) is 3.32. The van der Waals surface area contributed by atoms with E-state index < -0.39 is 0 Å². The van der Waals surface area contributed by atoms with Crippen LogP contribution in [0.4, 0.5) is 4.39 Å². The summed E-state index contributed by atoms with van der Waals surface area (Å²) in [6.45, 7) is 4.71. The molecule has 1 aromatic carbocycles. The van der Waals surface area contributed by atoms with E-state index in [1.807, 2.05) is 11.8 Å². The summed E-state index contributed by atoms with van der Waals surface area (Å²) in [7, 11) is 0. The van der Waals surface area contributed by atoms with Gasteiger partial charge in [-0.15, -0.1) is 0 Å². The molecule has 2 heterocycles. The Morgan fingerprint density at radius 2 is 2.00 bits per heavy atom. The number of hydrogen-bond donors (Lipinski definition) is 0. The van der Waals surface area contributed by atoms with Crippen LogP contribution in [0.2, 0.25) is 0 Å². The molecule has 1 aromatic heterocycles. The molecule has 1 amide bonds. The highest BCUT2D eigenvalue weighted by molar-refractivity contribution is 7.09. The third-order valence-corrected chi connectivity index (χ3v) is 5.49. The van der Waals surface area contributed by atoms with Gasteiger partial charge >= 0.3 is 4.87 Å². The maximum absolute atomic E-state index is 13.2. The van der Waals surface area contributed by atoms with E-state index in [2.05, 4.69) is 6.92 Å². The predicted molar refractivity (Wildman–Crippen MR) is 93.7 cm³/mol. The number of carbonyl (C=O) groups is 1. The Labute approximate surface area is 144 Å². The van der Waals surface area contributed by atoms with E-state index in [9.17, 15) is 14.0 Å². The van der Waals surface area contributed by atoms with Gasteiger partial charge in [-0.05, 0) is 62.9 Å². The molecule has 0 radical (unpaired) electrons. The summed E-state index contributed by atoms with van der Waals surface area (Å²) < 4.78 is 14.7. The number of aryl methyl sites for hydroxylation is 1. The molecule has 2 aromatic rings. The highest BCUT2D eigenvalue weighted by Crippen LogP contribution is 2.26. The van der Waals surface area contributed by atoms with Gasteiger partial charge in [0.1, 0.15) is 12.4 Å². The average Bonchev–Trinajstić information content (AvgIpc) is 2.82. The third kappa shape index (κ3) is 3.29. The van der Waals surface area contributed by atoms with Crippen LogP contribution >= 0.6 is 11.3 Å². The molecule has 1 saturated heterocycles. The van der Waals surface area contributed by atoms with Crippen molar-refractivity contribution in [3.05, 3.63) is 44.6 Å². The van der Waals surface area contributed by atoms with Gasteiger partial charge in [-0.1, -0.05) is 11.3 Å². The number of piperidine rings is 1. The number of carbonyl (C=O) groups excluding carboxylic acids is 1. The number of rotatable bonds is 3. The number of amides is 1. The number of nitrogens with zero attached hydrogens (tertiary/aromatic N) is 2. The molecule has 24 heavy (non-hydrogen) atoms. The zero-order chi connectivity index (χ0) is 17.3. The summed E-state index contributed by atoms with van der Waals surface area (Å²) in [5.74, 6) is -0.343. The number of benzene rings is 1. The van der Waals surface area contributed by atoms with Crippen molar-refractivity contribution in [1.82, 2.24) is 9.47 Å². The summed E-state index contributed by atoms with van der Waals surface area (Å²) in [5.41, 5.74) is 1.47. The van der Waals surface area contributed by atoms with Gasteiger partial charge in [-0.3, -0.25) is 14.2 Å². The van der Waals surface area contributed by atoms with Crippen LogP contribution in [0.25, 0.3) is 11.3 Å². The molecule has 4 nitrogen and oxygen atoms in total. The first-order valence-electron chi connectivity index (χ1n) is 8.23. The van der Waals surface area contributed by atoms with E-state index in [1.165, 1.54) is 16.7 Å². The second kappa shape index (κ2) is 6.89. The van der Waals surface area contributed by atoms with E-state index in [-0.39, 0.29) is 29.2 Å². The van der Waals surface area contributed by atoms with Crippen LogP contribution in [-0.2, 0) is 11.3 Å². The summed E-state index contributed by atoms with van der Waals surface area (Å²) in [5, 5.41) is 0. The van der Waals surface area contributed by atoms with Crippen molar-refractivity contribution in [2.24, 2.45) is 0 Å². The minimum Gasteiger partial charge on any atom is -0.338 e. The van der Waals surface area contributed by atoms with Gasteiger partial charge in [0.15, 0.2) is 0 Å². The largest absolute Gasteiger partial charge is 0.338 e. The Hall–Kier alpha value is -1.95. The quantitative estimate of drug-likeness (QED) is 0.853. The molecule has 1 atom stereocenters. The molecule has 1 unspecified atom stereocenters. The van der Waals surface area contributed by atoms with Crippen LogP contribution in [-0.4, -0.2) is 28.0 Å². The summed E-state index contributed by atoms with van der Waals surface area (Å²) in [6, 6.07) is 6.25. The molecule has 6 heteroatoms. The minimum absolute atomic E-state index is 0.0227. The van der Waals surface area contributed by atoms with Crippen LogP contribution < -0.4 is 4.87 Å². The van der Waals surface area contributed by atoms with Crippen molar-refractivity contribution in [3.8, 4) is 11.3 Å². The van der Waals surface area contributed by atoms with Gasteiger partial charge in [-0.25, -0.2) is 4.39 Å². The number of likely N-dealkylation sites (tertiary alicyclic amines) is 1. The topological polar surface area (TPSA) is 42.3 Å². The Balaban J connectivity index is 1.92. The van der Waals surface area contributed by atoms with Crippen LogP contribution in [0.5, 0.6) is 0 Å². The summed E-state index contributed by atoms with van der Waals surface area (Å²) >= 11 is 1.13. The van der Waals surface area contributed by atoms with Crippen molar-refractivity contribution >= 4 is 17.2 Å². The normalized spacial score (nSPS) is 18.0. The first-order valence-corrected chi connectivity index (χ1v) is 9.04. The molecule has 3 rings (SSSR count). The maximum atomic E-state index is 13.2. The maximum Gasteiger partial charge on any atom is 0.308 e. The second-order valence-corrected chi connectivity index (χ2v) is 7.46. The van der Waals surface area contributed by atoms with Crippen LogP contribution in [0.15, 0.2) is 29.1 Å². The Morgan fingerprint density at radius 1 is 1.29 bits per heavy atom. The highest BCUT2D eigenvalue weighted by Gasteiger charge is 2.25. The minimum atomic E-state index is -0.321. The van der Waals surface area contributed by atoms with Crippen LogP contribution in [0.3, 0.4) is 0 Å². The van der Waals surface area contributed by atoms with Gasteiger partial charge in [0.25, 0.3) is 0 Å². The summed E-state index contributed by atoms with van der Waals surface area (Å²) in [6.07, 6.45) is 3.16. The lowest BCUT2D eigenvalue weighted by Crippen LogP contribution is -2.44. The van der Waals surface area contributed by atoms with Gasteiger partial charge < -0.3 is 4.90 Å². The molecule has 0 bridgehead atoms. The van der Waals surface area contributed by atoms with E-state index >= 15 is 0 Å². The van der Waals surface area contributed by atoms with Crippen molar-refractivity contribution in [2.75, 3.05) is 6.54 Å². The van der Waals surface area contributed by atoms with Gasteiger partial charge in [0, 0.05) is 17.5 Å².